The number of halogens is 3. The van der Waals surface area contributed by atoms with E-state index in [1.807, 2.05) is 0 Å². The average molecular weight is 287 g/mol. The van der Waals surface area contributed by atoms with E-state index < -0.39 is 34.5 Å². The Morgan fingerprint density at radius 3 is 2.40 bits per heavy atom. The van der Waals surface area contributed by atoms with E-state index in [2.05, 4.69) is 0 Å². The van der Waals surface area contributed by atoms with Gasteiger partial charge in [0.2, 0.25) is 0 Å². The summed E-state index contributed by atoms with van der Waals surface area (Å²) in [6, 6.07) is 0.981. The standard InChI is InChI=1S/C14H16F3NO2/c1-14(20)3-2-5-18(6-4-14)13(19)12-10(16)7-9(15)8-11(12)17/h7-8,20H,2-6H2,1H3. The smallest absolute Gasteiger partial charge is 0.259 e. The van der Waals surface area contributed by atoms with Gasteiger partial charge in [-0.3, -0.25) is 4.79 Å². The van der Waals surface area contributed by atoms with Crippen molar-refractivity contribution in [3.8, 4) is 0 Å². The van der Waals surface area contributed by atoms with Crippen LogP contribution in [0.3, 0.4) is 0 Å². The summed E-state index contributed by atoms with van der Waals surface area (Å²) in [4.78, 5) is 13.5. The fourth-order valence-electron chi connectivity index (χ4n) is 2.37. The van der Waals surface area contributed by atoms with Gasteiger partial charge in [0.05, 0.1) is 5.60 Å². The van der Waals surface area contributed by atoms with E-state index in [1.165, 1.54) is 4.90 Å². The molecule has 110 valence electrons. The van der Waals surface area contributed by atoms with E-state index in [0.717, 1.165) is 0 Å². The van der Waals surface area contributed by atoms with Gasteiger partial charge in [-0.2, -0.15) is 0 Å². The minimum Gasteiger partial charge on any atom is -0.390 e. The van der Waals surface area contributed by atoms with Gasteiger partial charge in [-0.05, 0) is 26.2 Å². The number of hydrogen-bond donors (Lipinski definition) is 1. The van der Waals surface area contributed by atoms with Crippen LogP contribution in [0.15, 0.2) is 12.1 Å². The Morgan fingerprint density at radius 2 is 1.80 bits per heavy atom. The molecule has 1 fully saturated rings. The monoisotopic (exact) mass is 287 g/mol. The lowest BCUT2D eigenvalue weighted by Crippen LogP contribution is -2.34. The SMILES string of the molecule is CC1(O)CCCN(C(=O)c2c(F)cc(F)cc2F)CC1. The molecule has 0 radical (unpaired) electrons. The molecule has 0 saturated carbocycles. The molecule has 1 heterocycles. The number of benzene rings is 1. The summed E-state index contributed by atoms with van der Waals surface area (Å²) in [7, 11) is 0. The first-order valence-electron chi connectivity index (χ1n) is 6.46. The molecule has 3 nitrogen and oxygen atoms in total. The van der Waals surface area contributed by atoms with Crippen LogP contribution in [-0.4, -0.2) is 34.6 Å². The van der Waals surface area contributed by atoms with Gasteiger partial charge < -0.3 is 10.0 Å². The summed E-state index contributed by atoms with van der Waals surface area (Å²) in [5.74, 6) is -4.28. The van der Waals surface area contributed by atoms with Crippen molar-refractivity contribution in [1.29, 1.82) is 0 Å². The first kappa shape index (κ1) is 14.8. The van der Waals surface area contributed by atoms with E-state index in [4.69, 9.17) is 0 Å². The van der Waals surface area contributed by atoms with Gasteiger partial charge in [0.25, 0.3) is 5.91 Å². The molecular formula is C14H16F3NO2. The van der Waals surface area contributed by atoms with Crippen molar-refractivity contribution >= 4 is 5.91 Å². The average Bonchev–Trinajstić information content (AvgIpc) is 2.48. The van der Waals surface area contributed by atoms with Gasteiger partial charge >= 0.3 is 0 Å². The molecule has 2 rings (SSSR count). The van der Waals surface area contributed by atoms with Crippen molar-refractivity contribution in [2.45, 2.75) is 31.8 Å². The zero-order valence-corrected chi connectivity index (χ0v) is 11.1. The van der Waals surface area contributed by atoms with Crippen molar-refractivity contribution in [3.63, 3.8) is 0 Å². The normalized spacial score (nSPS) is 23.6. The van der Waals surface area contributed by atoms with E-state index >= 15 is 0 Å². The summed E-state index contributed by atoms with van der Waals surface area (Å²) in [6.45, 7) is 2.19. The number of nitrogens with zero attached hydrogens (tertiary/aromatic N) is 1. The highest BCUT2D eigenvalue weighted by atomic mass is 19.1. The number of rotatable bonds is 1. The van der Waals surface area contributed by atoms with Crippen LogP contribution in [0.4, 0.5) is 13.2 Å². The maximum atomic E-state index is 13.6. The maximum absolute atomic E-state index is 13.6. The van der Waals surface area contributed by atoms with Gasteiger partial charge in [-0.25, -0.2) is 13.2 Å². The quantitative estimate of drug-likeness (QED) is 0.862. The molecule has 1 amide bonds. The van der Waals surface area contributed by atoms with Crippen LogP contribution < -0.4 is 0 Å². The molecule has 1 aromatic carbocycles. The van der Waals surface area contributed by atoms with Gasteiger partial charge in [0.15, 0.2) is 0 Å². The van der Waals surface area contributed by atoms with E-state index in [1.54, 1.807) is 6.92 Å². The molecule has 20 heavy (non-hydrogen) atoms. The third-order valence-corrected chi connectivity index (χ3v) is 3.57. The molecule has 1 N–H and O–H groups in total. The topological polar surface area (TPSA) is 40.5 Å². The maximum Gasteiger partial charge on any atom is 0.259 e. The first-order chi connectivity index (χ1) is 9.30. The van der Waals surface area contributed by atoms with Crippen LogP contribution in [0.5, 0.6) is 0 Å². The Bertz CT molecular complexity index is 508. The highest BCUT2D eigenvalue weighted by Gasteiger charge is 2.30. The van der Waals surface area contributed by atoms with Crippen LogP contribution in [0, 0.1) is 17.5 Å². The Labute approximate surface area is 115 Å². The molecule has 6 heteroatoms. The second-order valence-electron chi connectivity index (χ2n) is 5.39. The highest BCUT2D eigenvalue weighted by Crippen LogP contribution is 2.24. The van der Waals surface area contributed by atoms with Gasteiger partial charge in [0.1, 0.15) is 23.0 Å². The number of carbonyl (C=O) groups is 1. The van der Waals surface area contributed by atoms with E-state index in [0.29, 0.717) is 37.9 Å². The van der Waals surface area contributed by atoms with Gasteiger partial charge in [0, 0.05) is 25.2 Å². The van der Waals surface area contributed by atoms with Gasteiger partial charge in [-0.15, -0.1) is 0 Å². The zero-order valence-electron chi connectivity index (χ0n) is 11.1. The summed E-state index contributed by atoms with van der Waals surface area (Å²) in [6.07, 6.45) is 1.40. The summed E-state index contributed by atoms with van der Waals surface area (Å²) < 4.78 is 40.0. The molecule has 1 saturated heterocycles. The first-order valence-corrected chi connectivity index (χ1v) is 6.46. The number of likely N-dealkylation sites (tertiary alicyclic amines) is 1. The fourth-order valence-corrected chi connectivity index (χ4v) is 2.37. The van der Waals surface area contributed by atoms with Crippen molar-refractivity contribution in [1.82, 2.24) is 4.90 Å². The Hall–Kier alpha value is -1.56. The predicted octanol–water partition coefficient (Wildman–Crippen LogP) is 2.48. The van der Waals surface area contributed by atoms with Crippen LogP contribution in [0.25, 0.3) is 0 Å². The lowest BCUT2D eigenvalue weighted by atomic mass is 9.98. The Morgan fingerprint density at radius 1 is 1.20 bits per heavy atom. The molecule has 1 aliphatic rings. The summed E-state index contributed by atoms with van der Waals surface area (Å²) >= 11 is 0. The molecule has 0 spiro atoms. The second-order valence-corrected chi connectivity index (χ2v) is 5.39. The number of hydrogen-bond acceptors (Lipinski definition) is 2. The van der Waals surface area contributed by atoms with Crippen molar-refractivity contribution in [2.24, 2.45) is 0 Å². The molecule has 1 atom stereocenters. The summed E-state index contributed by atoms with van der Waals surface area (Å²) in [5, 5.41) is 9.93. The Balaban J connectivity index is 2.24. The van der Waals surface area contributed by atoms with E-state index in [-0.39, 0.29) is 6.54 Å². The lowest BCUT2D eigenvalue weighted by molar-refractivity contribution is 0.0437. The van der Waals surface area contributed by atoms with Crippen LogP contribution >= 0.6 is 0 Å². The molecule has 1 unspecified atom stereocenters. The lowest BCUT2D eigenvalue weighted by Gasteiger charge is -2.23. The van der Waals surface area contributed by atoms with E-state index in [9.17, 15) is 23.1 Å². The third-order valence-electron chi connectivity index (χ3n) is 3.57. The molecule has 1 aromatic rings. The largest absolute Gasteiger partial charge is 0.390 e. The number of carbonyl (C=O) groups excluding carboxylic acids is 1. The number of aliphatic hydroxyl groups is 1. The molecule has 0 aliphatic carbocycles. The minimum atomic E-state index is -1.21. The molecule has 1 aliphatic heterocycles. The highest BCUT2D eigenvalue weighted by molar-refractivity contribution is 5.94. The fraction of sp³-hybridized carbons (Fsp3) is 0.500. The third kappa shape index (κ3) is 3.12. The zero-order chi connectivity index (χ0) is 14.9. The Kier molecular flexibility index (Phi) is 4.04. The molecule has 0 bridgehead atoms. The van der Waals surface area contributed by atoms with Gasteiger partial charge in [-0.1, -0.05) is 0 Å². The number of amides is 1. The van der Waals surface area contributed by atoms with Crippen LogP contribution in [-0.2, 0) is 0 Å². The molecule has 0 aromatic heterocycles. The molecular weight excluding hydrogens is 271 g/mol. The predicted molar refractivity (Wildman–Crippen MR) is 66.7 cm³/mol. The van der Waals surface area contributed by atoms with Crippen molar-refractivity contribution < 1.29 is 23.1 Å². The summed E-state index contributed by atoms with van der Waals surface area (Å²) in [5.41, 5.74) is -1.62. The second kappa shape index (κ2) is 5.44. The van der Waals surface area contributed by atoms with Crippen molar-refractivity contribution in [2.75, 3.05) is 13.1 Å². The van der Waals surface area contributed by atoms with Crippen LogP contribution in [0.1, 0.15) is 36.5 Å². The van der Waals surface area contributed by atoms with Crippen LogP contribution in [0.2, 0.25) is 0 Å². The minimum absolute atomic E-state index is 0.210. The van der Waals surface area contributed by atoms with Crippen molar-refractivity contribution in [3.05, 3.63) is 35.1 Å².